The molecule has 0 saturated carbocycles. The summed E-state index contributed by atoms with van der Waals surface area (Å²) in [6.07, 6.45) is 0. The lowest BCUT2D eigenvalue weighted by Crippen LogP contribution is -1.89. The molecule has 0 bridgehead atoms. The first-order chi connectivity index (χ1) is 8.11. The van der Waals surface area contributed by atoms with Gasteiger partial charge in [-0.3, -0.25) is 0 Å². The summed E-state index contributed by atoms with van der Waals surface area (Å²) in [6.45, 7) is 0. The highest BCUT2D eigenvalue weighted by molar-refractivity contribution is 5.71. The molecular weight excluding hydrogens is 226 g/mol. The molecule has 0 aliphatic carbocycles. The largest absolute Gasteiger partial charge is 0.505 e. The van der Waals surface area contributed by atoms with Crippen molar-refractivity contribution in [2.45, 2.75) is 0 Å². The number of benzene rings is 2. The fourth-order valence-electron chi connectivity index (χ4n) is 1.59. The Morgan fingerprint density at radius 2 is 1.82 bits per heavy atom. The molecule has 0 unspecified atom stereocenters. The van der Waals surface area contributed by atoms with Gasteiger partial charge in [0, 0.05) is 5.56 Å². The first-order valence-electron chi connectivity index (χ1n) is 4.94. The van der Waals surface area contributed by atoms with Gasteiger partial charge in [-0.15, -0.1) is 0 Å². The Hall–Kier alpha value is -2.10. The first-order valence-corrected chi connectivity index (χ1v) is 4.94. The zero-order chi connectivity index (χ0) is 12.4. The van der Waals surface area contributed by atoms with Crippen LogP contribution in [0.3, 0.4) is 0 Å². The van der Waals surface area contributed by atoms with E-state index in [-0.39, 0.29) is 0 Å². The fourth-order valence-corrected chi connectivity index (χ4v) is 1.59. The summed E-state index contributed by atoms with van der Waals surface area (Å²) >= 11 is 0. The van der Waals surface area contributed by atoms with E-state index in [0.29, 0.717) is 16.9 Å². The monoisotopic (exact) mass is 236 g/mol. The van der Waals surface area contributed by atoms with Crippen LogP contribution in [0.2, 0.25) is 0 Å². The van der Waals surface area contributed by atoms with Gasteiger partial charge in [-0.25, -0.2) is 8.78 Å². The zero-order valence-electron chi connectivity index (χ0n) is 9.08. The van der Waals surface area contributed by atoms with Gasteiger partial charge in [0.1, 0.15) is 11.6 Å². The molecule has 0 spiro atoms. The number of hydrogen-bond acceptors (Lipinski definition) is 2. The Balaban J connectivity index is 2.58. The van der Waals surface area contributed by atoms with Gasteiger partial charge in [-0.1, -0.05) is 6.07 Å². The van der Waals surface area contributed by atoms with Gasteiger partial charge < -0.3 is 9.84 Å². The van der Waals surface area contributed by atoms with Crippen molar-refractivity contribution in [1.82, 2.24) is 0 Å². The second-order valence-electron chi connectivity index (χ2n) is 3.51. The summed E-state index contributed by atoms with van der Waals surface area (Å²) in [6, 6.07) is 7.82. The number of phenols is 1. The topological polar surface area (TPSA) is 29.5 Å². The highest BCUT2D eigenvalue weighted by Gasteiger charge is 2.09. The average molecular weight is 236 g/mol. The second-order valence-corrected chi connectivity index (χ2v) is 3.51. The maximum absolute atomic E-state index is 13.2. The fraction of sp³-hybridized carbons (Fsp3) is 0.0769. The van der Waals surface area contributed by atoms with Crippen molar-refractivity contribution in [2.75, 3.05) is 7.11 Å². The van der Waals surface area contributed by atoms with Crippen molar-refractivity contribution < 1.29 is 18.6 Å². The maximum Gasteiger partial charge on any atom is 0.164 e. The van der Waals surface area contributed by atoms with Crippen LogP contribution in [-0.4, -0.2) is 12.2 Å². The van der Waals surface area contributed by atoms with Crippen LogP contribution in [0.25, 0.3) is 11.1 Å². The van der Waals surface area contributed by atoms with Crippen LogP contribution in [0.5, 0.6) is 11.5 Å². The summed E-state index contributed by atoms with van der Waals surface area (Å²) in [5, 5.41) is 9.28. The number of ether oxygens (including phenoxy) is 1. The molecule has 0 aliphatic heterocycles. The minimum absolute atomic E-state index is 0.426. The molecule has 2 aromatic carbocycles. The summed E-state index contributed by atoms with van der Waals surface area (Å²) < 4.78 is 31.2. The Kier molecular flexibility index (Phi) is 2.95. The third-order valence-electron chi connectivity index (χ3n) is 2.42. The molecule has 0 radical (unpaired) electrons. The number of rotatable bonds is 2. The van der Waals surface area contributed by atoms with Crippen molar-refractivity contribution in [2.24, 2.45) is 0 Å². The smallest absolute Gasteiger partial charge is 0.164 e. The van der Waals surface area contributed by atoms with E-state index in [9.17, 15) is 13.9 Å². The molecule has 4 heteroatoms. The van der Waals surface area contributed by atoms with Gasteiger partial charge in [0.05, 0.1) is 7.11 Å². The highest BCUT2D eigenvalue weighted by atomic mass is 19.1. The number of phenolic OH excluding ortho intramolecular Hbond substituents is 1. The normalized spacial score (nSPS) is 10.3. The summed E-state index contributed by atoms with van der Waals surface area (Å²) in [4.78, 5) is 0. The number of hydrogen-bond donors (Lipinski definition) is 1. The van der Waals surface area contributed by atoms with Gasteiger partial charge in [0.25, 0.3) is 0 Å². The van der Waals surface area contributed by atoms with E-state index in [0.717, 1.165) is 6.07 Å². The molecule has 2 rings (SSSR count). The molecule has 0 atom stereocenters. The summed E-state index contributed by atoms with van der Waals surface area (Å²) in [5.41, 5.74) is 0.947. The molecule has 0 fully saturated rings. The van der Waals surface area contributed by atoms with Gasteiger partial charge in [-0.2, -0.15) is 0 Å². The van der Waals surface area contributed by atoms with E-state index < -0.39 is 17.4 Å². The highest BCUT2D eigenvalue weighted by Crippen LogP contribution is 2.33. The van der Waals surface area contributed by atoms with Crippen LogP contribution in [0.15, 0.2) is 36.4 Å². The molecule has 2 aromatic rings. The van der Waals surface area contributed by atoms with Crippen LogP contribution in [0.1, 0.15) is 0 Å². The third kappa shape index (κ3) is 2.20. The molecule has 17 heavy (non-hydrogen) atoms. The quantitative estimate of drug-likeness (QED) is 0.866. The molecule has 0 amide bonds. The Morgan fingerprint density at radius 3 is 2.47 bits per heavy atom. The Labute approximate surface area is 97.1 Å². The van der Waals surface area contributed by atoms with Gasteiger partial charge in [0.2, 0.25) is 0 Å². The summed E-state index contributed by atoms with van der Waals surface area (Å²) in [5.74, 6) is -1.17. The maximum atomic E-state index is 13.2. The van der Waals surface area contributed by atoms with Gasteiger partial charge >= 0.3 is 0 Å². The molecule has 0 saturated heterocycles. The Bertz CT molecular complexity index is 553. The lowest BCUT2D eigenvalue weighted by atomic mass is 10.0. The standard InChI is InChI=1S/C13H10F2O2/c1-17-13-5-3-9(14)7-10(13)8-2-4-11(15)12(16)6-8/h2-7,16H,1H3. The molecule has 2 nitrogen and oxygen atoms in total. The van der Waals surface area contributed by atoms with Crippen LogP contribution >= 0.6 is 0 Å². The van der Waals surface area contributed by atoms with Crippen LogP contribution < -0.4 is 4.74 Å². The van der Waals surface area contributed by atoms with Crippen molar-refractivity contribution in [1.29, 1.82) is 0 Å². The third-order valence-corrected chi connectivity index (χ3v) is 2.42. The van der Waals surface area contributed by atoms with Crippen molar-refractivity contribution in [3.8, 4) is 22.6 Å². The predicted octanol–water partition coefficient (Wildman–Crippen LogP) is 3.35. The van der Waals surface area contributed by atoms with Crippen molar-refractivity contribution in [3.63, 3.8) is 0 Å². The molecule has 88 valence electrons. The van der Waals surface area contributed by atoms with E-state index in [1.807, 2.05) is 0 Å². The minimum atomic E-state index is -0.718. The second kappa shape index (κ2) is 4.41. The van der Waals surface area contributed by atoms with Gasteiger partial charge in [-0.05, 0) is 35.9 Å². The molecule has 0 aromatic heterocycles. The summed E-state index contributed by atoms with van der Waals surface area (Å²) in [7, 11) is 1.46. The minimum Gasteiger partial charge on any atom is -0.505 e. The molecule has 0 aliphatic rings. The lowest BCUT2D eigenvalue weighted by molar-refractivity contribution is 0.415. The van der Waals surface area contributed by atoms with Crippen molar-refractivity contribution >= 4 is 0 Å². The van der Waals surface area contributed by atoms with E-state index in [1.165, 1.54) is 37.4 Å². The van der Waals surface area contributed by atoms with E-state index >= 15 is 0 Å². The number of methoxy groups -OCH3 is 1. The molecule has 1 N–H and O–H groups in total. The number of aromatic hydroxyl groups is 1. The van der Waals surface area contributed by atoms with Crippen molar-refractivity contribution in [3.05, 3.63) is 48.0 Å². The molecular formula is C13H10F2O2. The van der Waals surface area contributed by atoms with Crippen LogP contribution in [-0.2, 0) is 0 Å². The Morgan fingerprint density at radius 1 is 1.06 bits per heavy atom. The SMILES string of the molecule is COc1ccc(F)cc1-c1ccc(F)c(O)c1. The lowest BCUT2D eigenvalue weighted by Gasteiger charge is -2.09. The number of halogens is 2. The average Bonchev–Trinajstić information content (AvgIpc) is 2.32. The van der Waals surface area contributed by atoms with Crippen LogP contribution in [0, 0.1) is 11.6 Å². The zero-order valence-corrected chi connectivity index (χ0v) is 9.08. The van der Waals surface area contributed by atoms with E-state index in [2.05, 4.69) is 0 Å². The first kappa shape index (κ1) is 11.4. The van der Waals surface area contributed by atoms with E-state index in [1.54, 1.807) is 0 Å². The van der Waals surface area contributed by atoms with E-state index in [4.69, 9.17) is 4.74 Å². The predicted molar refractivity (Wildman–Crippen MR) is 60.0 cm³/mol. The molecule has 0 heterocycles. The van der Waals surface area contributed by atoms with Gasteiger partial charge in [0.15, 0.2) is 11.6 Å². The van der Waals surface area contributed by atoms with Crippen LogP contribution in [0.4, 0.5) is 8.78 Å².